The molecule has 12 unspecified atom stereocenters. The summed E-state index contributed by atoms with van der Waals surface area (Å²) in [6.45, 7) is 10.9. The van der Waals surface area contributed by atoms with Crippen LogP contribution in [0, 0.1) is 58.2 Å². The number of amides is 2. The van der Waals surface area contributed by atoms with Gasteiger partial charge in [-0.2, -0.15) is 0 Å². The van der Waals surface area contributed by atoms with Gasteiger partial charge in [0.25, 0.3) is 0 Å². The van der Waals surface area contributed by atoms with E-state index in [-0.39, 0.29) is 45.6 Å². The first-order valence-electron chi connectivity index (χ1n) is 18.4. The van der Waals surface area contributed by atoms with E-state index in [0.29, 0.717) is 66.3 Å². The summed E-state index contributed by atoms with van der Waals surface area (Å²) in [5.74, 6) is 4.04. The number of rotatable bonds is 1. The number of fused-ring (bicyclic) bond motifs is 10. The predicted octanol–water partition coefficient (Wildman–Crippen LogP) is 6.53. The molecule has 4 saturated carbocycles. The van der Waals surface area contributed by atoms with Gasteiger partial charge in [-0.25, -0.2) is 0 Å². The molecule has 0 aromatic heterocycles. The molecule has 0 aromatic rings. The van der Waals surface area contributed by atoms with Gasteiger partial charge in [-0.3, -0.25) is 19.2 Å². The van der Waals surface area contributed by atoms with Crippen LogP contribution in [0.15, 0.2) is 24.3 Å². The monoisotopic (exact) mass is 614 g/mol. The van der Waals surface area contributed by atoms with Crippen molar-refractivity contribution >= 4 is 23.4 Å². The van der Waals surface area contributed by atoms with Gasteiger partial charge in [-0.15, -0.1) is 0 Å². The third-order valence-electron chi connectivity index (χ3n) is 16.0. The lowest BCUT2D eigenvalue weighted by Gasteiger charge is -2.62. The molecular weight excluding hydrogens is 560 g/mol. The zero-order valence-corrected chi connectivity index (χ0v) is 28.1. The Morgan fingerprint density at radius 3 is 2.27 bits per heavy atom. The van der Waals surface area contributed by atoms with Crippen LogP contribution in [-0.4, -0.2) is 57.3 Å². The van der Waals surface area contributed by atoms with E-state index in [9.17, 15) is 19.2 Å². The van der Waals surface area contributed by atoms with Gasteiger partial charge in [0.1, 0.15) is 11.6 Å². The van der Waals surface area contributed by atoms with Crippen LogP contribution in [0.1, 0.15) is 111 Å². The van der Waals surface area contributed by atoms with Crippen molar-refractivity contribution in [2.45, 2.75) is 122 Å². The standard InChI is InChI=1S/C39H54N2O4/c1-36-17-12-29-26(15-19-40-34(44)7-5-6-16-38(29,40)3)31(36)21-27(32(42)23-36)24-8-11-35(45)41-20-14-25-28-9-10-33(43)37(28,2)18-13-30(25)39(41,4)22-24/h5-6,8,11,24-31H,7,9-10,12-23H2,1-4H3. The van der Waals surface area contributed by atoms with Crippen molar-refractivity contribution < 1.29 is 19.2 Å². The second-order valence-corrected chi connectivity index (χ2v) is 17.8. The molecule has 2 saturated heterocycles. The van der Waals surface area contributed by atoms with Gasteiger partial charge in [0.2, 0.25) is 11.8 Å². The maximum Gasteiger partial charge on any atom is 0.246 e. The highest BCUT2D eigenvalue weighted by atomic mass is 16.2. The van der Waals surface area contributed by atoms with E-state index in [0.717, 1.165) is 77.3 Å². The van der Waals surface area contributed by atoms with Gasteiger partial charge in [0, 0.05) is 54.8 Å². The number of ketones is 2. The van der Waals surface area contributed by atoms with Gasteiger partial charge in [-0.1, -0.05) is 32.1 Å². The average Bonchev–Trinajstić information content (AvgIpc) is 3.11. The van der Waals surface area contributed by atoms with Gasteiger partial charge < -0.3 is 9.80 Å². The first-order valence-corrected chi connectivity index (χ1v) is 18.4. The molecular formula is C39H54N2O4. The molecule has 244 valence electrons. The lowest BCUT2D eigenvalue weighted by molar-refractivity contribution is -0.161. The topological polar surface area (TPSA) is 74.8 Å². The molecule has 8 rings (SSSR count). The highest BCUT2D eigenvalue weighted by Crippen LogP contribution is 2.63. The molecule has 2 amide bonds. The summed E-state index contributed by atoms with van der Waals surface area (Å²) in [6.07, 6.45) is 20.0. The lowest BCUT2D eigenvalue weighted by atomic mass is 9.47. The Morgan fingerprint density at radius 2 is 1.47 bits per heavy atom. The van der Waals surface area contributed by atoms with Crippen molar-refractivity contribution in [3.63, 3.8) is 0 Å². The summed E-state index contributed by atoms with van der Waals surface area (Å²) in [5, 5.41) is 0. The Bertz CT molecular complexity index is 1380. The number of piperidine rings is 2. The molecule has 6 fully saturated rings. The van der Waals surface area contributed by atoms with Crippen molar-refractivity contribution in [2.24, 2.45) is 58.2 Å². The van der Waals surface area contributed by atoms with E-state index in [1.165, 1.54) is 0 Å². The van der Waals surface area contributed by atoms with Crippen LogP contribution >= 0.6 is 0 Å². The Hall–Kier alpha value is -2.24. The third kappa shape index (κ3) is 4.17. The van der Waals surface area contributed by atoms with Gasteiger partial charge in [0.15, 0.2) is 0 Å². The molecule has 4 heterocycles. The predicted molar refractivity (Wildman–Crippen MR) is 173 cm³/mol. The second kappa shape index (κ2) is 10.1. The molecule has 0 bridgehead atoms. The highest BCUT2D eigenvalue weighted by molar-refractivity contribution is 5.90. The van der Waals surface area contributed by atoms with Crippen LogP contribution in [0.5, 0.6) is 0 Å². The van der Waals surface area contributed by atoms with E-state index in [2.05, 4.69) is 55.7 Å². The molecule has 4 aliphatic heterocycles. The number of allylic oxidation sites excluding steroid dienone is 1. The molecule has 45 heavy (non-hydrogen) atoms. The summed E-state index contributed by atoms with van der Waals surface area (Å²) >= 11 is 0. The number of carbonyl (C=O) groups excluding carboxylic acids is 4. The van der Waals surface area contributed by atoms with Crippen molar-refractivity contribution in [2.75, 3.05) is 13.1 Å². The fourth-order valence-corrected chi connectivity index (χ4v) is 13.6. The third-order valence-corrected chi connectivity index (χ3v) is 16.0. The summed E-state index contributed by atoms with van der Waals surface area (Å²) in [4.78, 5) is 58.5. The SMILES string of the molecule is CC12CCC3C(CCN4C(=O)CC=CCC34C)C1CC(C1C=CC(=O)N3CCC4C5CCC(=O)C5(C)CCC4C3(C)C1)C(=O)C2. The minimum absolute atomic E-state index is 0.0246. The molecule has 6 nitrogen and oxygen atoms in total. The zero-order valence-electron chi connectivity index (χ0n) is 28.1. The number of Topliss-reactive ketones (excluding diaryl/α,β-unsaturated/α-hetero) is 2. The highest BCUT2D eigenvalue weighted by Gasteiger charge is 2.62. The van der Waals surface area contributed by atoms with Crippen molar-refractivity contribution in [1.29, 1.82) is 0 Å². The normalized spacial score (nSPS) is 50.9. The van der Waals surface area contributed by atoms with E-state index >= 15 is 0 Å². The smallest absolute Gasteiger partial charge is 0.246 e. The summed E-state index contributed by atoms with van der Waals surface area (Å²) < 4.78 is 0. The second-order valence-electron chi connectivity index (χ2n) is 17.8. The molecule has 12 atom stereocenters. The quantitative estimate of drug-likeness (QED) is 0.315. The maximum atomic E-state index is 14.2. The van der Waals surface area contributed by atoms with Crippen molar-refractivity contribution in [3.05, 3.63) is 24.3 Å². The van der Waals surface area contributed by atoms with Crippen LogP contribution in [0.2, 0.25) is 0 Å². The van der Waals surface area contributed by atoms with Gasteiger partial charge in [-0.05, 0) is 131 Å². The van der Waals surface area contributed by atoms with E-state index < -0.39 is 0 Å². The van der Waals surface area contributed by atoms with Crippen LogP contribution in [0.3, 0.4) is 0 Å². The molecule has 0 aromatic carbocycles. The van der Waals surface area contributed by atoms with E-state index in [4.69, 9.17) is 0 Å². The van der Waals surface area contributed by atoms with Crippen molar-refractivity contribution in [3.8, 4) is 0 Å². The number of carbonyl (C=O) groups is 4. The number of nitrogens with zero attached hydrogens (tertiary/aromatic N) is 2. The fourth-order valence-electron chi connectivity index (χ4n) is 13.6. The van der Waals surface area contributed by atoms with Gasteiger partial charge >= 0.3 is 0 Å². The summed E-state index contributed by atoms with van der Waals surface area (Å²) in [7, 11) is 0. The number of hydrogen-bond acceptors (Lipinski definition) is 4. The van der Waals surface area contributed by atoms with Crippen LogP contribution in [0.4, 0.5) is 0 Å². The first kappa shape index (κ1) is 30.1. The minimum Gasteiger partial charge on any atom is -0.336 e. The van der Waals surface area contributed by atoms with E-state index in [1.54, 1.807) is 0 Å². The summed E-state index contributed by atoms with van der Waals surface area (Å²) in [6, 6.07) is 0. The van der Waals surface area contributed by atoms with Crippen LogP contribution < -0.4 is 0 Å². The zero-order chi connectivity index (χ0) is 31.5. The Morgan fingerprint density at radius 1 is 0.756 bits per heavy atom. The lowest BCUT2D eigenvalue weighted by Crippen LogP contribution is -2.64. The molecule has 0 spiro atoms. The Labute approximate surface area is 269 Å². The van der Waals surface area contributed by atoms with Crippen molar-refractivity contribution in [1.82, 2.24) is 9.80 Å². The molecule has 0 N–H and O–H groups in total. The summed E-state index contributed by atoms with van der Waals surface area (Å²) in [5.41, 5.74) is -0.584. The average molecular weight is 615 g/mol. The molecule has 4 aliphatic carbocycles. The van der Waals surface area contributed by atoms with Crippen LogP contribution in [-0.2, 0) is 19.2 Å². The Balaban J connectivity index is 1.09. The first-order chi connectivity index (χ1) is 21.4. The molecule has 0 radical (unpaired) electrons. The van der Waals surface area contributed by atoms with E-state index in [1.807, 2.05) is 6.08 Å². The molecule has 6 heteroatoms. The molecule has 8 aliphatic rings. The van der Waals surface area contributed by atoms with Gasteiger partial charge in [0.05, 0.1) is 0 Å². The maximum absolute atomic E-state index is 14.2. The largest absolute Gasteiger partial charge is 0.336 e. The van der Waals surface area contributed by atoms with Crippen LogP contribution in [0.25, 0.3) is 0 Å². The Kier molecular flexibility index (Phi) is 6.78. The number of hydrogen-bond donors (Lipinski definition) is 0. The minimum atomic E-state index is -0.289. The fraction of sp³-hybridized carbons (Fsp3) is 0.795.